The van der Waals surface area contributed by atoms with Gasteiger partial charge in [-0.3, -0.25) is 14.5 Å². The van der Waals surface area contributed by atoms with Crippen molar-refractivity contribution in [1.82, 2.24) is 14.8 Å². The van der Waals surface area contributed by atoms with Crippen LogP contribution in [-0.4, -0.2) is 64.4 Å². The van der Waals surface area contributed by atoms with Crippen LogP contribution in [0.3, 0.4) is 0 Å². The molecule has 1 saturated heterocycles. The Bertz CT molecular complexity index is 936. The highest BCUT2D eigenvalue weighted by molar-refractivity contribution is 6.45. The fraction of sp³-hybridized carbons (Fsp3) is 0.542. The summed E-state index contributed by atoms with van der Waals surface area (Å²) >= 11 is 0. The topological polar surface area (TPSA) is 80.3 Å². The number of amides is 1. The number of benzene rings is 1. The molecule has 1 amide bonds. The maximum absolute atomic E-state index is 13.0. The van der Waals surface area contributed by atoms with E-state index in [2.05, 4.69) is 23.7 Å². The number of H-pyrrole nitrogens is 1. The van der Waals surface area contributed by atoms with Crippen molar-refractivity contribution in [3.8, 4) is 0 Å². The van der Waals surface area contributed by atoms with Crippen LogP contribution < -0.4 is 0 Å². The summed E-state index contributed by atoms with van der Waals surface area (Å²) in [6, 6.07) is 7.79. The standard InChI is InChI=1S/C24H34N4O2/c1-6-19(15(2)3)22(25)23(29)21-14-18-13-17(7-8-20(18)26-21)24(30)28-11-9-27(10-12-28)16(4)5/h7-8,13-16,19,25-26H,6,9-12H2,1-5H3. The first-order chi connectivity index (χ1) is 14.2. The molecule has 1 fully saturated rings. The van der Waals surface area contributed by atoms with E-state index in [1.165, 1.54) is 0 Å². The highest BCUT2D eigenvalue weighted by Gasteiger charge is 2.26. The van der Waals surface area contributed by atoms with Crippen molar-refractivity contribution in [1.29, 1.82) is 5.41 Å². The normalized spacial score (nSPS) is 16.4. The Morgan fingerprint density at radius 1 is 1.07 bits per heavy atom. The van der Waals surface area contributed by atoms with E-state index in [9.17, 15) is 9.59 Å². The number of carbonyl (C=O) groups excluding carboxylic acids is 2. The smallest absolute Gasteiger partial charge is 0.253 e. The first-order valence-electron chi connectivity index (χ1n) is 11.0. The lowest BCUT2D eigenvalue weighted by Gasteiger charge is -2.37. The molecule has 0 aliphatic carbocycles. The fourth-order valence-electron chi connectivity index (χ4n) is 4.33. The Morgan fingerprint density at radius 3 is 2.30 bits per heavy atom. The number of carbonyl (C=O) groups is 2. The molecule has 1 aliphatic heterocycles. The Morgan fingerprint density at radius 2 is 1.73 bits per heavy atom. The third-order valence-electron chi connectivity index (χ3n) is 6.30. The van der Waals surface area contributed by atoms with Crippen molar-refractivity contribution in [2.24, 2.45) is 11.8 Å². The van der Waals surface area contributed by atoms with Gasteiger partial charge in [0.05, 0.1) is 11.4 Å². The molecule has 0 saturated carbocycles. The summed E-state index contributed by atoms with van der Waals surface area (Å²) in [5.74, 6) is -0.0285. The molecule has 2 aromatic rings. The largest absolute Gasteiger partial charge is 0.352 e. The molecule has 0 radical (unpaired) electrons. The lowest BCUT2D eigenvalue weighted by atomic mass is 9.86. The predicted octanol–water partition coefficient (Wildman–Crippen LogP) is 4.22. The molecule has 6 nitrogen and oxygen atoms in total. The summed E-state index contributed by atoms with van der Waals surface area (Å²) in [6.45, 7) is 13.7. The van der Waals surface area contributed by atoms with Crippen molar-refractivity contribution in [2.45, 2.75) is 47.1 Å². The minimum absolute atomic E-state index is 0.0352. The second kappa shape index (κ2) is 9.13. The molecule has 1 aromatic carbocycles. The van der Waals surface area contributed by atoms with Crippen molar-refractivity contribution in [3.63, 3.8) is 0 Å². The number of Topliss-reactive ketones (excluding diaryl/α,β-unsaturated/α-hetero) is 1. The number of fused-ring (bicyclic) bond motifs is 1. The molecule has 1 aliphatic rings. The van der Waals surface area contributed by atoms with Crippen molar-refractivity contribution in [3.05, 3.63) is 35.5 Å². The molecule has 0 bridgehead atoms. The van der Waals surface area contributed by atoms with Gasteiger partial charge in [0.2, 0.25) is 5.78 Å². The van der Waals surface area contributed by atoms with Gasteiger partial charge in [-0.25, -0.2) is 0 Å². The molecule has 2 heterocycles. The van der Waals surface area contributed by atoms with Crippen LogP contribution in [0.4, 0.5) is 0 Å². The van der Waals surface area contributed by atoms with E-state index in [4.69, 9.17) is 5.41 Å². The maximum Gasteiger partial charge on any atom is 0.253 e. The van der Waals surface area contributed by atoms with Crippen LogP contribution in [0.25, 0.3) is 10.9 Å². The van der Waals surface area contributed by atoms with E-state index in [1.54, 1.807) is 6.07 Å². The lowest BCUT2D eigenvalue weighted by molar-refractivity contribution is 0.0595. The average Bonchev–Trinajstić information content (AvgIpc) is 3.16. The van der Waals surface area contributed by atoms with Gasteiger partial charge < -0.3 is 15.3 Å². The van der Waals surface area contributed by atoms with Gasteiger partial charge in [-0.05, 0) is 50.5 Å². The van der Waals surface area contributed by atoms with E-state index < -0.39 is 0 Å². The summed E-state index contributed by atoms with van der Waals surface area (Å²) in [6.07, 6.45) is 0.769. The predicted molar refractivity (Wildman–Crippen MR) is 122 cm³/mol. The van der Waals surface area contributed by atoms with Gasteiger partial charge in [-0.1, -0.05) is 20.8 Å². The zero-order chi connectivity index (χ0) is 22.0. The molecule has 162 valence electrons. The van der Waals surface area contributed by atoms with Gasteiger partial charge in [0.25, 0.3) is 5.91 Å². The maximum atomic E-state index is 13.0. The Kier molecular flexibility index (Phi) is 6.76. The van der Waals surface area contributed by atoms with Crippen LogP contribution in [0.15, 0.2) is 24.3 Å². The minimum atomic E-state index is -0.260. The summed E-state index contributed by atoms with van der Waals surface area (Å²) in [5.41, 5.74) is 2.02. The number of hydrogen-bond acceptors (Lipinski definition) is 4. The van der Waals surface area contributed by atoms with Gasteiger partial charge in [0.15, 0.2) is 0 Å². The van der Waals surface area contributed by atoms with Crippen LogP contribution in [0, 0.1) is 17.2 Å². The fourth-order valence-corrected chi connectivity index (χ4v) is 4.33. The molecule has 3 rings (SSSR count). The number of aromatic amines is 1. The number of rotatable bonds is 7. The average molecular weight is 411 g/mol. The van der Waals surface area contributed by atoms with Gasteiger partial charge in [-0.2, -0.15) is 0 Å². The van der Waals surface area contributed by atoms with E-state index in [-0.39, 0.29) is 29.2 Å². The minimum Gasteiger partial charge on any atom is -0.352 e. The molecule has 1 unspecified atom stereocenters. The van der Waals surface area contributed by atoms with Crippen LogP contribution in [0.2, 0.25) is 0 Å². The second-order valence-electron chi connectivity index (χ2n) is 8.91. The Labute approximate surface area is 179 Å². The van der Waals surface area contributed by atoms with Gasteiger partial charge >= 0.3 is 0 Å². The SMILES string of the molecule is CCC(C(=N)C(=O)c1cc2cc(C(=O)N3CCN(C(C)C)CC3)ccc2[nH]1)C(C)C. The first-order valence-corrected chi connectivity index (χ1v) is 11.0. The second-order valence-corrected chi connectivity index (χ2v) is 8.91. The number of ketones is 1. The molecule has 30 heavy (non-hydrogen) atoms. The summed E-state index contributed by atoms with van der Waals surface area (Å²) < 4.78 is 0. The van der Waals surface area contributed by atoms with E-state index in [0.717, 1.165) is 43.5 Å². The highest BCUT2D eigenvalue weighted by atomic mass is 16.2. The molecule has 0 spiro atoms. The monoisotopic (exact) mass is 410 g/mol. The Balaban J connectivity index is 1.77. The first kappa shape index (κ1) is 22.2. The van der Waals surface area contributed by atoms with Gasteiger partial charge in [0, 0.05) is 54.6 Å². The number of nitrogens with zero attached hydrogens (tertiary/aromatic N) is 2. The molecule has 1 aromatic heterocycles. The number of piperazine rings is 1. The molecule has 2 N–H and O–H groups in total. The van der Waals surface area contributed by atoms with Gasteiger partial charge in [0.1, 0.15) is 0 Å². The molecule has 1 atom stereocenters. The highest BCUT2D eigenvalue weighted by Crippen LogP contribution is 2.23. The zero-order valence-electron chi connectivity index (χ0n) is 18.8. The molecular formula is C24H34N4O2. The third-order valence-corrected chi connectivity index (χ3v) is 6.30. The van der Waals surface area contributed by atoms with Gasteiger partial charge in [-0.15, -0.1) is 0 Å². The van der Waals surface area contributed by atoms with E-state index in [0.29, 0.717) is 17.3 Å². The number of aromatic nitrogens is 1. The van der Waals surface area contributed by atoms with Crippen molar-refractivity contribution >= 4 is 28.3 Å². The van der Waals surface area contributed by atoms with Crippen LogP contribution in [0.1, 0.15) is 61.9 Å². The zero-order valence-corrected chi connectivity index (χ0v) is 18.8. The van der Waals surface area contributed by atoms with Crippen LogP contribution in [0.5, 0.6) is 0 Å². The summed E-state index contributed by atoms with van der Waals surface area (Å²) in [7, 11) is 0. The summed E-state index contributed by atoms with van der Waals surface area (Å²) in [5, 5.41) is 9.18. The van der Waals surface area contributed by atoms with Crippen molar-refractivity contribution < 1.29 is 9.59 Å². The Hall–Kier alpha value is -2.47. The van der Waals surface area contributed by atoms with E-state index in [1.807, 2.05) is 43.9 Å². The number of hydrogen-bond donors (Lipinski definition) is 2. The van der Waals surface area contributed by atoms with Crippen molar-refractivity contribution in [2.75, 3.05) is 26.2 Å². The molecular weight excluding hydrogens is 376 g/mol. The lowest BCUT2D eigenvalue weighted by Crippen LogP contribution is -2.50. The van der Waals surface area contributed by atoms with E-state index >= 15 is 0 Å². The van der Waals surface area contributed by atoms with Crippen LogP contribution in [-0.2, 0) is 0 Å². The quantitative estimate of drug-likeness (QED) is 0.530. The van der Waals surface area contributed by atoms with Crippen LogP contribution >= 0.6 is 0 Å². The third kappa shape index (κ3) is 4.48. The molecule has 6 heteroatoms. The summed E-state index contributed by atoms with van der Waals surface area (Å²) in [4.78, 5) is 33.2. The number of nitrogens with one attached hydrogen (secondary N) is 2.